The summed E-state index contributed by atoms with van der Waals surface area (Å²) >= 11 is 0. The molecular formula is C14H27NO3. The normalized spacial score (nSPS) is 33.2. The number of hydrogen-bond acceptors (Lipinski definition) is 4. The van der Waals surface area contributed by atoms with Gasteiger partial charge < -0.3 is 19.9 Å². The van der Waals surface area contributed by atoms with E-state index >= 15 is 0 Å². The molecule has 2 heterocycles. The lowest BCUT2D eigenvalue weighted by atomic mass is 9.86. The van der Waals surface area contributed by atoms with Crippen molar-refractivity contribution in [3.8, 4) is 0 Å². The maximum Gasteiger partial charge on any atom is 0.0951 e. The lowest BCUT2D eigenvalue weighted by Crippen LogP contribution is -2.49. The second-order valence-corrected chi connectivity index (χ2v) is 6.54. The van der Waals surface area contributed by atoms with Gasteiger partial charge in [0.25, 0.3) is 0 Å². The van der Waals surface area contributed by atoms with Crippen LogP contribution in [-0.2, 0) is 9.47 Å². The van der Waals surface area contributed by atoms with Gasteiger partial charge in [0.2, 0.25) is 0 Å². The molecule has 0 aromatic rings. The summed E-state index contributed by atoms with van der Waals surface area (Å²) < 4.78 is 11.4. The summed E-state index contributed by atoms with van der Waals surface area (Å²) in [6.07, 6.45) is 4.02. The molecule has 2 atom stereocenters. The van der Waals surface area contributed by atoms with E-state index in [-0.39, 0.29) is 17.6 Å². The largest absolute Gasteiger partial charge is 0.396 e. The summed E-state index contributed by atoms with van der Waals surface area (Å²) in [6.45, 7) is 8.04. The molecule has 0 saturated carbocycles. The zero-order valence-electron chi connectivity index (χ0n) is 11.7. The minimum absolute atomic E-state index is 0.0168. The monoisotopic (exact) mass is 257 g/mol. The quantitative estimate of drug-likeness (QED) is 0.780. The van der Waals surface area contributed by atoms with E-state index in [9.17, 15) is 0 Å². The van der Waals surface area contributed by atoms with Crippen molar-refractivity contribution >= 4 is 0 Å². The van der Waals surface area contributed by atoms with Gasteiger partial charge in [0.1, 0.15) is 0 Å². The van der Waals surface area contributed by atoms with Gasteiger partial charge in [-0.05, 0) is 24.7 Å². The minimum Gasteiger partial charge on any atom is -0.396 e. The molecule has 2 fully saturated rings. The standard InChI is InChI=1S/C14H27NO3/c1-13(2,4-6-16)10-15-12-3-7-18-14(9-12)5-8-17-11-14/h12,15-16H,3-11H2,1-2H3. The summed E-state index contributed by atoms with van der Waals surface area (Å²) in [7, 11) is 0. The third-order valence-corrected chi connectivity index (χ3v) is 4.22. The predicted octanol–water partition coefficient (Wildman–Crippen LogP) is 1.32. The van der Waals surface area contributed by atoms with Crippen LogP contribution < -0.4 is 5.32 Å². The van der Waals surface area contributed by atoms with Crippen LogP contribution in [0.3, 0.4) is 0 Å². The Hall–Kier alpha value is -0.160. The number of nitrogens with one attached hydrogen (secondary N) is 1. The first-order valence-corrected chi connectivity index (χ1v) is 7.11. The minimum atomic E-state index is -0.0168. The highest BCUT2D eigenvalue weighted by Gasteiger charge is 2.41. The van der Waals surface area contributed by atoms with Gasteiger partial charge in [-0.1, -0.05) is 13.8 Å². The van der Waals surface area contributed by atoms with Crippen molar-refractivity contribution in [2.75, 3.05) is 33.0 Å². The van der Waals surface area contributed by atoms with E-state index < -0.39 is 0 Å². The van der Waals surface area contributed by atoms with Crippen LogP contribution in [0, 0.1) is 5.41 Å². The molecule has 0 aromatic carbocycles. The fraction of sp³-hybridized carbons (Fsp3) is 1.00. The zero-order valence-corrected chi connectivity index (χ0v) is 11.7. The van der Waals surface area contributed by atoms with Crippen molar-refractivity contribution in [2.45, 2.75) is 51.2 Å². The molecule has 106 valence electrons. The topological polar surface area (TPSA) is 50.7 Å². The van der Waals surface area contributed by atoms with Gasteiger partial charge in [-0.15, -0.1) is 0 Å². The maximum atomic E-state index is 9.04. The summed E-state index contributed by atoms with van der Waals surface area (Å²) in [4.78, 5) is 0. The van der Waals surface area contributed by atoms with E-state index in [0.717, 1.165) is 52.0 Å². The van der Waals surface area contributed by atoms with E-state index in [4.69, 9.17) is 14.6 Å². The van der Waals surface area contributed by atoms with Gasteiger partial charge in [-0.2, -0.15) is 0 Å². The lowest BCUT2D eigenvalue weighted by molar-refractivity contribution is -0.0900. The van der Waals surface area contributed by atoms with Crippen LogP contribution in [0.5, 0.6) is 0 Å². The SMILES string of the molecule is CC(C)(CCO)CNC1CCOC2(CCOC2)C1. The molecule has 4 nitrogen and oxygen atoms in total. The fourth-order valence-electron chi connectivity index (χ4n) is 2.88. The predicted molar refractivity (Wildman–Crippen MR) is 70.6 cm³/mol. The number of ether oxygens (including phenoxy) is 2. The molecule has 0 amide bonds. The molecule has 0 radical (unpaired) electrons. The number of aliphatic hydroxyl groups is 1. The lowest BCUT2D eigenvalue weighted by Gasteiger charge is -2.38. The van der Waals surface area contributed by atoms with E-state index in [1.165, 1.54) is 0 Å². The Labute approximate surface area is 110 Å². The summed E-state index contributed by atoms with van der Waals surface area (Å²) in [5.74, 6) is 0. The Morgan fingerprint density at radius 3 is 2.89 bits per heavy atom. The highest BCUT2D eigenvalue weighted by atomic mass is 16.6. The molecule has 1 spiro atoms. The van der Waals surface area contributed by atoms with Gasteiger partial charge in [-0.25, -0.2) is 0 Å². The van der Waals surface area contributed by atoms with Gasteiger partial charge in [0.05, 0.1) is 12.2 Å². The Morgan fingerprint density at radius 1 is 1.39 bits per heavy atom. The Balaban J connectivity index is 1.79. The smallest absolute Gasteiger partial charge is 0.0951 e. The molecule has 4 heteroatoms. The highest BCUT2D eigenvalue weighted by molar-refractivity contribution is 4.93. The van der Waals surface area contributed by atoms with Gasteiger partial charge in [0, 0.05) is 38.8 Å². The number of hydrogen-bond donors (Lipinski definition) is 2. The molecular weight excluding hydrogens is 230 g/mol. The maximum absolute atomic E-state index is 9.04. The molecule has 0 bridgehead atoms. The summed E-state index contributed by atoms with van der Waals surface area (Å²) in [6, 6.07) is 0.526. The number of rotatable bonds is 5. The van der Waals surface area contributed by atoms with Crippen molar-refractivity contribution in [2.24, 2.45) is 5.41 Å². The molecule has 2 saturated heterocycles. The van der Waals surface area contributed by atoms with E-state index in [1.54, 1.807) is 0 Å². The first-order chi connectivity index (χ1) is 8.55. The molecule has 2 rings (SSSR count). The second kappa shape index (κ2) is 5.87. The van der Waals surface area contributed by atoms with Crippen LogP contribution in [0.25, 0.3) is 0 Å². The second-order valence-electron chi connectivity index (χ2n) is 6.54. The Bertz CT molecular complexity index is 262. The molecule has 2 aliphatic heterocycles. The number of aliphatic hydroxyl groups excluding tert-OH is 1. The van der Waals surface area contributed by atoms with Gasteiger partial charge in [0.15, 0.2) is 0 Å². The molecule has 2 aliphatic rings. The average molecular weight is 257 g/mol. The van der Waals surface area contributed by atoms with E-state index in [2.05, 4.69) is 19.2 Å². The zero-order chi connectivity index (χ0) is 13.1. The molecule has 2 unspecified atom stereocenters. The van der Waals surface area contributed by atoms with Crippen LogP contribution in [0.2, 0.25) is 0 Å². The van der Waals surface area contributed by atoms with Crippen LogP contribution in [0.4, 0.5) is 0 Å². The molecule has 0 aromatic heterocycles. The Morgan fingerprint density at radius 2 is 2.22 bits per heavy atom. The summed E-state index contributed by atoms with van der Waals surface area (Å²) in [5.41, 5.74) is 0.142. The average Bonchev–Trinajstić information content (AvgIpc) is 2.75. The van der Waals surface area contributed by atoms with Crippen molar-refractivity contribution in [1.82, 2.24) is 5.32 Å². The van der Waals surface area contributed by atoms with Crippen LogP contribution in [-0.4, -0.2) is 49.7 Å². The van der Waals surface area contributed by atoms with Crippen LogP contribution in [0.15, 0.2) is 0 Å². The highest BCUT2D eigenvalue weighted by Crippen LogP contribution is 2.33. The molecule has 0 aliphatic carbocycles. The molecule has 18 heavy (non-hydrogen) atoms. The van der Waals surface area contributed by atoms with Gasteiger partial charge >= 0.3 is 0 Å². The van der Waals surface area contributed by atoms with Gasteiger partial charge in [-0.3, -0.25) is 0 Å². The van der Waals surface area contributed by atoms with E-state index in [0.29, 0.717) is 6.04 Å². The fourth-order valence-corrected chi connectivity index (χ4v) is 2.88. The van der Waals surface area contributed by atoms with Crippen molar-refractivity contribution in [3.63, 3.8) is 0 Å². The molecule has 2 N–H and O–H groups in total. The van der Waals surface area contributed by atoms with Crippen LogP contribution in [0.1, 0.15) is 39.5 Å². The third-order valence-electron chi connectivity index (χ3n) is 4.22. The first kappa shape index (κ1) is 14.3. The third kappa shape index (κ3) is 3.67. The van der Waals surface area contributed by atoms with Crippen LogP contribution >= 0.6 is 0 Å². The van der Waals surface area contributed by atoms with E-state index in [1.807, 2.05) is 0 Å². The Kier molecular flexibility index (Phi) is 4.64. The van der Waals surface area contributed by atoms with Crippen molar-refractivity contribution in [1.29, 1.82) is 0 Å². The van der Waals surface area contributed by atoms with Crippen molar-refractivity contribution < 1.29 is 14.6 Å². The first-order valence-electron chi connectivity index (χ1n) is 7.11. The van der Waals surface area contributed by atoms with Crippen molar-refractivity contribution in [3.05, 3.63) is 0 Å². The summed E-state index contributed by atoms with van der Waals surface area (Å²) in [5, 5.41) is 12.7.